The zero-order valence-corrected chi connectivity index (χ0v) is 23.0. The Bertz CT molecular complexity index is 1560. The number of methoxy groups -OCH3 is 4. The topological polar surface area (TPSA) is 85.4 Å². The molecule has 1 aliphatic heterocycles. The molecule has 0 aliphatic carbocycles. The molecule has 0 spiro atoms. The van der Waals surface area contributed by atoms with Crippen LogP contribution < -0.4 is 18.9 Å². The van der Waals surface area contributed by atoms with Gasteiger partial charge in [0.25, 0.3) is 5.91 Å². The van der Waals surface area contributed by atoms with E-state index in [4.69, 9.17) is 23.9 Å². The monoisotopic (exact) mass is 543 g/mol. The first kappa shape index (κ1) is 26.2. The molecule has 2 heterocycles. The van der Waals surface area contributed by atoms with E-state index in [0.717, 1.165) is 27.9 Å². The number of benzene rings is 3. The number of hydrogen-bond acceptors (Lipinski definition) is 7. The van der Waals surface area contributed by atoms with Gasteiger partial charge in [-0.25, -0.2) is 4.99 Å². The predicted molar refractivity (Wildman–Crippen MR) is 155 cm³/mol. The first-order chi connectivity index (χ1) is 19.0. The number of para-hydroxylation sites is 1. The fourth-order valence-electron chi connectivity index (χ4n) is 4.43. The smallest absolute Gasteiger partial charge is 0.266 e. The number of carbonyl (C=O) groups is 1. The molecule has 1 N–H and O–H groups in total. The van der Waals surface area contributed by atoms with Crippen molar-refractivity contribution in [1.29, 1.82) is 0 Å². The lowest BCUT2D eigenvalue weighted by molar-refractivity contribution is -0.122. The van der Waals surface area contributed by atoms with Gasteiger partial charge in [-0.3, -0.25) is 9.69 Å². The maximum absolute atomic E-state index is 13.7. The number of rotatable bonds is 9. The molecule has 1 aliphatic rings. The van der Waals surface area contributed by atoms with Crippen LogP contribution in [0.5, 0.6) is 23.0 Å². The number of amides is 1. The predicted octanol–water partition coefficient (Wildman–Crippen LogP) is 6.05. The van der Waals surface area contributed by atoms with Crippen molar-refractivity contribution in [3.05, 3.63) is 82.9 Å². The Labute approximate surface area is 231 Å². The third kappa shape index (κ3) is 5.44. The Morgan fingerprint density at radius 1 is 0.897 bits per heavy atom. The summed E-state index contributed by atoms with van der Waals surface area (Å²) in [6, 6.07) is 19.1. The lowest BCUT2D eigenvalue weighted by Gasteiger charge is -2.15. The second kappa shape index (κ2) is 11.6. The van der Waals surface area contributed by atoms with Crippen LogP contribution >= 0.6 is 11.8 Å². The molecule has 0 atom stereocenters. The van der Waals surface area contributed by atoms with Crippen LogP contribution in [0, 0.1) is 0 Å². The Morgan fingerprint density at radius 2 is 1.62 bits per heavy atom. The van der Waals surface area contributed by atoms with Crippen LogP contribution in [0.3, 0.4) is 0 Å². The van der Waals surface area contributed by atoms with Gasteiger partial charge in [0, 0.05) is 35.3 Å². The molecule has 1 amide bonds. The molecule has 3 aromatic carbocycles. The van der Waals surface area contributed by atoms with Crippen molar-refractivity contribution in [3.8, 4) is 23.0 Å². The zero-order valence-electron chi connectivity index (χ0n) is 22.2. The average Bonchev–Trinajstić information content (AvgIpc) is 3.51. The molecule has 39 heavy (non-hydrogen) atoms. The lowest BCUT2D eigenvalue weighted by Crippen LogP contribution is -2.31. The van der Waals surface area contributed by atoms with Crippen LogP contribution in [0.25, 0.3) is 17.0 Å². The van der Waals surface area contributed by atoms with E-state index in [0.29, 0.717) is 45.9 Å². The van der Waals surface area contributed by atoms with Gasteiger partial charge in [0.2, 0.25) is 0 Å². The minimum atomic E-state index is -0.121. The summed E-state index contributed by atoms with van der Waals surface area (Å²) in [7, 11) is 6.34. The van der Waals surface area contributed by atoms with Gasteiger partial charge in [0.15, 0.2) is 16.7 Å². The number of nitrogens with zero attached hydrogens (tertiary/aromatic N) is 2. The molecule has 9 heteroatoms. The van der Waals surface area contributed by atoms with Crippen LogP contribution in [0.2, 0.25) is 0 Å². The minimum absolute atomic E-state index is 0.121. The van der Waals surface area contributed by atoms with Gasteiger partial charge in [0.1, 0.15) is 11.5 Å². The summed E-state index contributed by atoms with van der Waals surface area (Å²) >= 11 is 1.33. The molecule has 0 unspecified atom stereocenters. The Morgan fingerprint density at radius 3 is 2.33 bits per heavy atom. The standard InChI is InChI=1S/C30H29N3O5S/c1-35-22-11-9-21(10-12-22)32-30-33(14-13-19-18-31-24-8-6-5-7-23(19)24)29(34)28(39-30)16-20-15-26(37-3)27(38-4)17-25(20)36-2/h5-12,15-18,31H,13-14H2,1-4H3/b28-16-,32-30?. The number of fused-ring (bicyclic) bond motifs is 1. The number of hydrogen-bond donors (Lipinski definition) is 1. The molecule has 1 fully saturated rings. The number of ether oxygens (including phenoxy) is 4. The number of amidine groups is 1. The van der Waals surface area contributed by atoms with Crippen LogP contribution in [-0.4, -0.2) is 55.9 Å². The van der Waals surface area contributed by atoms with Crippen molar-refractivity contribution in [2.24, 2.45) is 4.99 Å². The third-order valence-corrected chi connectivity index (χ3v) is 7.49. The second-order valence-electron chi connectivity index (χ2n) is 8.72. The number of carbonyl (C=O) groups excluding carboxylic acids is 1. The first-order valence-corrected chi connectivity index (χ1v) is 13.2. The summed E-state index contributed by atoms with van der Waals surface area (Å²) < 4.78 is 21.7. The van der Waals surface area contributed by atoms with Crippen molar-refractivity contribution < 1.29 is 23.7 Å². The van der Waals surface area contributed by atoms with Gasteiger partial charge in [-0.1, -0.05) is 18.2 Å². The molecule has 8 nitrogen and oxygen atoms in total. The molecule has 1 aromatic heterocycles. The number of nitrogens with one attached hydrogen (secondary N) is 1. The van der Waals surface area contributed by atoms with E-state index in [2.05, 4.69) is 11.1 Å². The summed E-state index contributed by atoms with van der Waals surface area (Å²) in [6.07, 6.45) is 4.48. The van der Waals surface area contributed by atoms with Gasteiger partial charge in [-0.05, 0) is 66.2 Å². The quantitative estimate of drug-likeness (QED) is 0.259. The van der Waals surface area contributed by atoms with Crippen molar-refractivity contribution in [3.63, 3.8) is 0 Å². The zero-order chi connectivity index (χ0) is 27.4. The van der Waals surface area contributed by atoms with Crippen molar-refractivity contribution in [1.82, 2.24) is 9.88 Å². The summed E-state index contributed by atoms with van der Waals surface area (Å²) in [4.78, 5) is 24.1. The number of H-pyrrole nitrogens is 1. The number of aliphatic imine (C=N–C) groups is 1. The third-order valence-electron chi connectivity index (χ3n) is 6.49. The number of aromatic amines is 1. The largest absolute Gasteiger partial charge is 0.497 e. The van der Waals surface area contributed by atoms with Crippen molar-refractivity contribution in [2.45, 2.75) is 6.42 Å². The van der Waals surface area contributed by atoms with Gasteiger partial charge < -0.3 is 23.9 Å². The highest BCUT2D eigenvalue weighted by molar-refractivity contribution is 8.18. The highest BCUT2D eigenvalue weighted by Crippen LogP contribution is 2.39. The Hall–Kier alpha value is -4.37. The van der Waals surface area contributed by atoms with E-state index < -0.39 is 0 Å². The minimum Gasteiger partial charge on any atom is -0.497 e. The molecule has 1 saturated heterocycles. The fraction of sp³-hybridized carbons (Fsp3) is 0.200. The van der Waals surface area contributed by atoms with Crippen LogP contribution in [0.15, 0.2) is 76.8 Å². The van der Waals surface area contributed by atoms with E-state index in [1.165, 1.54) is 11.8 Å². The Kier molecular flexibility index (Phi) is 7.79. The average molecular weight is 544 g/mol. The number of thioether (sulfide) groups is 1. The van der Waals surface area contributed by atoms with Crippen LogP contribution in [0.1, 0.15) is 11.1 Å². The molecule has 0 saturated carbocycles. The number of aromatic nitrogens is 1. The Balaban J connectivity index is 1.50. The van der Waals surface area contributed by atoms with E-state index in [1.54, 1.807) is 45.5 Å². The first-order valence-electron chi connectivity index (χ1n) is 12.3. The van der Waals surface area contributed by atoms with Crippen molar-refractivity contribution in [2.75, 3.05) is 35.0 Å². The molecule has 0 radical (unpaired) electrons. The van der Waals surface area contributed by atoms with E-state index in [-0.39, 0.29) is 5.91 Å². The van der Waals surface area contributed by atoms with E-state index in [1.807, 2.05) is 54.7 Å². The molecule has 5 rings (SSSR count). The second-order valence-corrected chi connectivity index (χ2v) is 9.73. The maximum Gasteiger partial charge on any atom is 0.266 e. The SMILES string of the molecule is COc1ccc(N=C2S/C(=C\c3cc(OC)c(OC)cc3OC)C(=O)N2CCc2c[nH]c3ccccc23)cc1. The lowest BCUT2D eigenvalue weighted by atomic mass is 10.1. The van der Waals surface area contributed by atoms with Gasteiger partial charge in [-0.2, -0.15) is 0 Å². The molecular weight excluding hydrogens is 514 g/mol. The van der Waals surface area contributed by atoms with Gasteiger partial charge in [-0.15, -0.1) is 0 Å². The maximum atomic E-state index is 13.7. The van der Waals surface area contributed by atoms with Gasteiger partial charge >= 0.3 is 0 Å². The summed E-state index contributed by atoms with van der Waals surface area (Å²) in [6.45, 7) is 0.475. The van der Waals surface area contributed by atoms with E-state index >= 15 is 0 Å². The van der Waals surface area contributed by atoms with E-state index in [9.17, 15) is 4.79 Å². The molecular formula is C30H29N3O5S. The summed E-state index contributed by atoms with van der Waals surface area (Å²) in [5, 5.41) is 1.76. The van der Waals surface area contributed by atoms with Gasteiger partial charge in [0.05, 0.1) is 39.0 Å². The van der Waals surface area contributed by atoms with Crippen LogP contribution in [-0.2, 0) is 11.2 Å². The highest BCUT2D eigenvalue weighted by Gasteiger charge is 2.33. The summed E-state index contributed by atoms with van der Waals surface area (Å²) in [5.41, 5.74) is 3.65. The fourth-order valence-corrected chi connectivity index (χ4v) is 5.45. The van der Waals surface area contributed by atoms with Crippen molar-refractivity contribution >= 4 is 45.5 Å². The molecule has 4 aromatic rings. The normalized spacial score (nSPS) is 15.4. The van der Waals surface area contributed by atoms with Crippen LogP contribution in [0.4, 0.5) is 5.69 Å². The molecule has 200 valence electrons. The highest BCUT2D eigenvalue weighted by atomic mass is 32.2. The summed E-state index contributed by atoms with van der Waals surface area (Å²) in [5.74, 6) is 2.28. The molecule has 0 bridgehead atoms.